The Morgan fingerprint density at radius 2 is 2.21 bits per heavy atom. The predicted molar refractivity (Wildman–Crippen MR) is 51.4 cm³/mol. The molecular formula is C10H14N2O2. The molecule has 14 heavy (non-hydrogen) atoms. The van der Waals surface area contributed by atoms with E-state index >= 15 is 0 Å². The van der Waals surface area contributed by atoms with Crippen LogP contribution < -0.4 is 0 Å². The van der Waals surface area contributed by atoms with Crippen molar-refractivity contribution in [2.24, 2.45) is 7.05 Å². The van der Waals surface area contributed by atoms with E-state index < -0.39 is 5.97 Å². The third kappa shape index (κ3) is 1.41. The van der Waals surface area contributed by atoms with Crippen molar-refractivity contribution in [3.63, 3.8) is 0 Å². The zero-order valence-corrected chi connectivity index (χ0v) is 8.23. The van der Waals surface area contributed by atoms with Gasteiger partial charge in [0.1, 0.15) is 0 Å². The molecule has 4 heteroatoms. The van der Waals surface area contributed by atoms with Gasteiger partial charge < -0.3 is 9.67 Å². The molecule has 0 aromatic carbocycles. The van der Waals surface area contributed by atoms with Crippen LogP contribution in [0.2, 0.25) is 0 Å². The maximum absolute atomic E-state index is 10.8. The Labute approximate surface area is 82.6 Å². The minimum Gasteiger partial charge on any atom is -0.475 e. The smallest absolute Gasteiger partial charge is 0.372 e. The number of rotatable bonds is 2. The molecule has 2 rings (SSSR count). The van der Waals surface area contributed by atoms with Crippen LogP contribution in [0, 0.1) is 0 Å². The highest BCUT2D eigenvalue weighted by Gasteiger charge is 2.22. The number of aromatic carboxylic acids is 1. The Balaban J connectivity index is 2.30. The third-order valence-corrected chi connectivity index (χ3v) is 2.99. The molecule has 1 fully saturated rings. The van der Waals surface area contributed by atoms with Crippen LogP contribution in [-0.4, -0.2) is 20.6 Å². The summed E-state index contributed by atoms with van der Waals surface area (Å²) in [5.74, 6) is -0.288. The molecule has 1 saturated carbocycles. The van der Waals surface area contributed by atoms with Crippen LogP contribution >= 0.6 is 0 Å². The number of hydrogen-bond acceptors (Lipinski definition) is 2. The van der Waals surface area contributed by atoms with E-state index in [0.717, 1.165) is 5.69 Å². The molecule has 0 radical (unpaired) electrons. The molecule has 1 aliphatic rings. The van der Waals surface area contributed by atoms with Crippen LogP contribution in [0.1, 0.15) is 47.9 Å². The van der Waals surface area contributed by atoms with Gasteiger partial charge in [-0.2, -0.15) is 0 Å². The first kappa shape index (κ1) is 9.24. The summed E-state index contributed by atoms with van der Waals surface area (Å²) in [5, 5.41) is 8.84. The lowest BCUT2D eigenvalue weighted by atomic mass is 10.1. The topological polar surface area (TPSA) is 55.1 Å². The van der Waals surface area contributed by atoms with E-state index in [1.165, 1.54) is 25.7 Å². The molecule has 0 atom stereocenters. The van der Waals surface area contributed by atoms with Crippen LogP contribution in [0.25, 0.3) is 0 Å². The van der Waals surface area contributed by atoms with E-state index in [9.17, 15) is 4.79 Å². The maximum Gasteiger partial charge on any atom is 0.372 e. The first-order valence-electron chi connectivity index (χ1n) is 4.95. The van der Waals surface area contributed by atoms with Gasteiger partial charge in [-0.3, -0.25) is 0 Å². The summed E-state index contributed by atoms with van der Waals surface area (Å²) in [5.41, 5.74) is 1.07. The fourth-order valence-electron chi connectivity index (χ4n) is 2.22. The van der Waals surface area contributed by atoms with Crippen molar-refractivity contribution in [1.82, 2.24) is 9.55 Å². The van der Waals surface area contributed by atoms with E-state index in [2.05, 4.69) is 4.98 Å². The fourth-order valence-corrected chi connectivity index (χ4v) is 2.22. The van der Waals surface area contributed by atoms with Gasteiger partial charge in [0, 0.05) is 24.9 Å². The predicted octanol–water partition coefficient (Wildman–Crippen LogP) is 1.78. The largest absolute Gasteiger partial charge is 0.475 e. The molecule has 1 aromatic heterocycles. The second kappa shape index (κ2) is 3.44. The quantitative estimate of drug-likeness (QED) is 0.780. The minimum atomic E-state index is -0.947. The molecule has 0 saturated heterocycles. The Morgan fingerprint density at radius 1 is 1.57 bits per heavy atom. The van der Waals surface area contributed by atoms with Gasteiger partial charge in [-0.15, -0.1) is 0 Å². The van der Waals surface area contributed by atoms with Crippen molar-refractivity contribution in [3.8, 4) is 0 Å². The molecule has 1 aromatic rings. The third-order valence-electron chi connectivity index (χ3n) is 2.99. The molecule has 76 valence electrons. The van der Waals surface area contributed by atoms with Gasteiger partial charge in [0.2, 0.25) is 5.82 Å². The molecule has 0 aliphatic heterocycles. The molecule has 1 N–H and O–H groups in total. The average Bonchev–Trinajstić information content (AvgIpc) is 2.71. The van der Waals surface area contributed by atoms with Crippen molar-refractivity contribution < 1.29 is 9.90 Å². The number of nitrogens with zero attached hydrogens (tertiary/aromatic N) is 2. The second-order valence-corrected chi connectivity index (χ2v) is 3.85. The van der Waals surface area contributed by atoms with Crippen LogP contribution in [0.15, 0.2) is 6.20 Å². The van der Waals surface area contributed by atoms with Gasteiger partial charge >= 0.3 is 5.97 Å². The summed E-state index contributed by atoms with van der Waals surface area (Å²) in [6.07, 6.45) is 6.53. The van der Waals surface area contributed by atoms with E-state index in [0.29, 0.717) is 5.92 Å². The number of imidazole rings is 1. The summed E-state index contributed by atoms with van der Waals surface area (Å²) in [6, 6.07) is 0. The Hall–Kier alpha value is -1.32. The number of aromatic nitrogens is 2. The molecule has 0 amide bonds. The second-order valence-electron chi connectivity index (χ2n) is 3.85. The van der Waals surface area contributed by atoms with E-state index in [1.54, 1.807) is 17.8 Å². The highest BCUT2D eigenvalue weighted by atomic mass is 16.4. The average molecular weight is 194 g/mol. The van der Waals surface area contributed by atoms with Crippen molar-refractivity contribution in [2.75, 3.05) is 0 Å². The lowest BCUT2D eigenvalue weighted by Crippen LogP contribution is -2.09. The summed E-state index contributed by atoms with van der Waals surface area (Å²) >= 11 is 0. The van der Waals surface area contributed by atoms with Crippen LogP contribution in [0.4, 0.5) is 0 Å². The maximum atomic E-state index is 10.8. The SMILES string of the molecule is Cn1c(C2CCCC2)cnc1C(=O)O. The van der Waals surface area contributed by atoms with Gasteiger partial charge in [-0.05, 0) is 12.8 Å². The highest BCUT2D eigenvalue weighted by molar-refractivity contribution is 5.83. The van der Waals surface area contributed by atoms with Gasteiger partial charge in [0.05, 0.1) is 0 Å². The normalized spacial score (nSPS) is 17.5. The molecule has 4 nitrogen and oxygen atoms in total. The summed E-state index contributed by atoms with van der Waals surface area (Å²) in [6.45, 7) is 0. The monoisotopic (exact) mass is 194 g/mol. The van der Waals surface area contributed by atoms with Gasteiger partial charge in [-0.1, -0.05) is 12.8 Å². The van der Waals surface area contributed by atoms with E-state index in [-0.39, 0.29) is 5.82 Å². The summed E-state index contributed by atoms with van der Waals surface area (Å²) in [4.78, 5) is 14.7. The minimum absolute atomic E-state index is 0.145. The lowest BCUT2D eigenvalue weighted by molar-refractivity contribution is 0.0679. The fraction of sp³-hybridized carbons (Fsp3) is 0.600. The zero-order chi connectivity index (χ0) is 10.1. The molecular weight excluding hydrogens is 180 g/mol. The molecule has 0 unspecified atom stereocenters. The lowest BCUT2D eigenvalue weighted by Gasteiger charge is -2.09. The number of carboxylic acid groups (broad SMARTS) is 1. The zero-order valence-electron chi connectivity index (χ0n) is 8.23. The highest BCUT2D eigenvalue weighted by Crippen LogP contribution is 2.33. The number of carboxylic acids is 1. The summed E-state index contributed by atoms with van der Waals surface area (Å²) < 4.78 is 1.71. The molecule has 1 aliphatic carbocycles. The Kier molecular flexibility index (Phi) is 2.27. The van der Waals surface area contributed by atoms with E-state index in [4.69, 9.17) is 5.11 Å². The van der Waals surface area contributed by atoms with Crippen molar-refractivity contribution in [1.29, 1.82) is 0 Å². The van der Waals surface area contributed by atoms with Crippen LogP contribution in [0.5, 0.6) is 0 Å². The van der Waals surface area contributed by atoms with Crippen LogP contribution in [0.3, 0.4) is 0 Å². The Morgan fingerprint density at radius 3 is 2.71 bits per heavy atom. The first-order valence-corrected chi connectivity index (χ1v) is 4.95. The van der Waals surface area contributed by atoms with Crippen molar-refractivity contribution in [3.05, 3.63) is 17.7 Å². The number of carbonyl (C=O) groups is 1. The number of hydrogen-bond donors (Lipinski definition) is 1. The Bertz CT molecular complexity index is 351. The molecule has 1 heterocycles. The van der Waals surface area contributed by atoms with Gasteiger partial charge in [0.25, 0.3) is 0 Å². The molecule has 0 spiro atoms. The standard InChI is InChI=1S/C10H14N2O2/c1-12-8(7-4-2-3-5-7)6-11-9(12)10(13)14/h6-7H,2-5H2,1H3,(H,13,14). The first-order chi connectivity index (χ1) is 6.70. The van der Waals surface area contributed by atoms with Gasteiger partial charge in [0.15, 0.2) is 0 Å². The summed E-state index contributed by atoms with van der Waals surface area (Å²) in [7, 11) is 1.78. The van der Waals surface area contributed by atoms with Crippen molar-refractivity contribution >= 4 is 5.97 Å². The molecule has 0 bridgehead atoms. The van der Waals surface area contributed by atoms with E-state index in [1.807, 2.05) is 0 Å². The van der Waals surface area contributed by atoms with Crippen molar-refractivity contribution in [2.45, 2.75) is 31.6 Å². The van der Waals surface area contributed by atoms with Crippen LogP contribution in [-0.2, 0) is 7.05 Å². The van der Waals surface area contributed by atoms with Gasteiger partial charge in [-0.25, -0.2) is 9.78 Å².